The smallest absolute Gasteiger partial charge is 0.416 e. The Morgan fingerprint density at radius 3 is 1.93 bits per heavy atom. The van der Waals surface area contributed by atoms with Gasteiger partial charge in [-0.05, 0) is 36.1 Å². The largest absolute Gasteiger partial charge is 0.467 e. The normalized spacial score (nSPS) is 15.0. The van der Waals surface area contributed by atoms with E-state index in [1.54, 1.807) is 13.8 Å². The third-order valence-corrected chi connectivity index (χ3v) is 3.65. The van der Waals surface area contributed by atoms with E-state index >= 15 is 0 Å². The number of carbonyl (C=O) groups is 1. The zero-order valence-electron chi connectivity index (χ0n) is 14.9. The fraction of sp³-hybridized carbons (Fsp3) is 0.444. The zero-order valence-corrected chi connectivity index (χ0v) is 14.9. The molecule has 0 bridgehead atoms. The molecule has 0 unspecified atom stereocenters. The SMILES string of the molecule is C=C[C@](CC(C)C)(N=Cc1cc(C(F)(F)F)cc(C(F)(F)F)c1)C(=O)OC. The standard InChI is InChI=1S/C18H19F6NO2/c1-5-16(9-11(2)3,15(26)27-4)25-10-12-6-13(17(19,20)21)8-14(7-12)18(22,23)24/h5-8,10-11H,1,9H2,2-4H3/t16-/m1/s1. The van der Waals surface area contributed by atoms with Crippen LogP contribution in [0.5, 0.6) is 0 Å². The molecule has 0 aliphatic rings. The molecular formula is C18H19F6NO2. The first-order valence-electron chi connectivity index (χ1n) is 7.82. The number of hydrogen-bond acceptors (Lipinski definition) is 3. The molecule has 0 aliphatic carbocycles. The van der Waals surface area contributed by atoms with Gasteiger partial charge >= 0.3 is 18.3 Å². The Morgan fingerprint density at radius 1 is 1.11 bits per heavy atom. The van der Waals surface area contributed by atoms with Gasteiger partial charge < -0.3 is 4.74 Å². The maximum Gasteiger partial charge on any atom is 0.416 e. The first-order valence-corrected chi connectivity index (χ1v) is 7.82. The summed E-state index contributed by atoms with van der Waals surface area (Å²) in [5.74, 6) is -0.892. The van der Waals surface area contributed by atoms with Crippen LogP contribution in [0.1, 0.15) is 37.0 Å². The molecule has 0 saturated heterocycles. The van der Waals surface area contributed by atoms with Crippen molar-refractivity contribution in [3.63, 3.8) is 0 Å². The maximum absolute atomic E-state index is 12.9. The van der Waals surface area contributed by atoms with E-state index in [1.165, 1.54) is 0 Å². The van der Waals surface area contributed by atoms with Crippen LogP contribution < -0.4 is 0 Å². The van der Waals surface area contributed by atoms with E-state index in [4.69, 9.17) is 0 Å². The van der Waals surface area contributed by atoms with Crippen LogP contribution in [-0.2, 0) is 21.9 Å². The minimum Gasteiger partial charge on any atom is -0.467 e. The molecule has 0 aliphatic heterocycles. The molecule has 0 saturated carbocycles. The van der Waals surface area contributed by atoms with Gasteiger partial charge in [0.1, 0.15) is 0 Å². The van der Waals surface area contributed by atoms with Gasteiger partial charge in [-0.15, -0.1) is 6.58 Å². The van der Waals surface area contributed by atoms with E-state index in [0.717, 1.165) is 19.4 Å². The summed E-state index contributed by atoms with van der Waals surface area (Å²) in [5.41, 5.74) is -5.00. The predicted octanol–water partition coefficient (Wildman–Crippen LogP) is 5.29. The second-order valence-corrected chi connectivity index (χ2v) is 6.32. The van der Waals surface area contributed by atoms with E-state index < -0.39 is 40.6 Å². The summed E-state index contributed by atoms with van der Waals surface area (Å²) in [4.78, 5) is 16.1. The second-order valence-electron chi connectivity index (χ2n) is 6.32. The average Bonchev–Trinajstić information content (AvgIpc) is 2.55. The van der Waals surface area contributed by atoms with Crippen molar-refractivity contribution >= 4 is 12.2 Å². The molecule has 0 heterocycles. The molecule has 150 valence electrons. The van der Waals surface area contributed by atoms with Crippen LogP contribution in [-0.4, -0.2) is 24.8 Å². The van der Waals surface area contributed by atoms with E-state index in [1.807, 2.05) is 0 Å². The minimum absolute atomic E-state index is 0.0204. The van der Waals surface area contributed by atoms with Gasteiger partial charge in [-0.25, -0.2) is 4.79 Å². The van der Waals surface area contributed by atoms with Crippen LogP contribution >= 0.6 is 0 Å². The van der Waals surface area contributed by atoms with Crippen molar-refractivity contribution in [1.82, 2.24) is 0 Å². The number of halogens is 6. The van der Waals surface area contributed by atoms with Crippen molar-refractivity contribution in [2.45, 2.75) is 38.2 Å². The van der Waals surface area contributed by atoms with Crippen LogP contribution in [0.3, 0.4) is 0 Å². The molecule has 1 atom stereocenters. The fourth-order valence-electron chi connectivity index (χ4n) is 2.45. The van der Waals surface area contributed by atoms with E-state index in [2.05, 4.69) is 16.3 Å². The molecule has 0 N–H and O–H groups in total. The highest BCUT2D eigenvalue weighted by molar-refractivity contribution is 5.89. The molecule has 9 heteroatoms. The van der Waals surface area contributed by atoms with Crippen molar-refractivity contribution in [2.24, 2.45) is 10.9 Å². The summed E-state index contributed by atoms with van der Waals surface area (Å²) in [7, 11) is 1.10. The van der Waals surface area contributed by atoms with Crippen LogP contribution in [0.2, 0.25) is 0 Å². The highest BCUT2D eigenvalue weighted by Gasteiger charge is 2.38. The molecule has 0 aromatic heterocycles. The summed E-state index contributed by atoms with van der Waals surface area (Å²) in [6.07, 6.45) is -7.87. The van der Waals surface area contributed by atoms with Crippen LogP contribution in [0.15, 0.2) is 35.8 Å². The number of nitrogens with zero attached hydrogens (tertiary/aromatic N) is 1. The first-order chi connectivity index (χ1) is 12.2. The quantitative estimate of drug-likeness (QED) is 0.284. The van der Waals surface area contributed by atoms with Crippen molar-refractivity contribution in [1.29, 1.82) is 0 Å². The van der Waals surface area contributed by atoms with E-state index in [9.17, 15) is 31.1 Å². The van der Waals surface area contributed by atoms with Gasteiger partial charge in [0, 0.05) is 6.21 Å². The monoisotopic (exact) mass is 395 g/mol. The number of hydrogen-bond donors (Lipinski definition) is 0. The summed E-state index contributed by atoms with van der Waals surface area (Å²) in [6.45, 7) is 7.04. The average molecular weight is 395 g/mol. The molecule has 0 amide bonds. The lowest BCUT2D eigenvalue weighted by Crippen LogP contribution is -2.37. The third-order valence-electron chi connectivity index (χ3n) is 3.65. The Morgan fingerprint density at radius 2 is 1.59 bits per heavy atom. The topological polar surface area (TPSA) is 38.7 Å². The van der Waals surface area contributed by atoms with Crippen molar-refractivity contribution in [3.05, 3.63) is 47.5 Å². The number of esters is 1. The molecule has 1 aromatic rings. The number of rotatable bonds is 6. The lowest BCUT2D eigenvalue weighted by molar-refractivity contribution is -0.146. The molecular weight excluding hydrogens is 376 g/mol. The van der Waals surface area contributed by atoms with Crippen molar-refractivity contribution < 1.29 is 35.9 Å². The van der Waals surface area contributed by atoms with Gasteiger partial charge in [-0.3, -0.25) is 4.99 Å². The Labute approximate surface area is 152 Å². The molecule has 27 heavy (non-hydrogen) atoms. The lowest BCUT2D eigenvalue weighted by Gasteiger charge is -2.25. The Balaban J connectivity index is 3.50. The van der Waals surface area contributed by atoms with E-state index in [0.29, 0.717) is 12.1 Å². The number of alkyl halides is 6. The molecule has 3 nitrogen and oxygen atoms in total. The Hall–Kier alpha value is -2.32. The van der Waals surface area contributed by atoms with Crippen LogP contribution in [0.4, 0.5) is 26.3 Å². The van der Waals surface area contributed by atoms with Crippen molar-refractivity contribution in [2.75, 3.05) is 7.11 Å². The van der Waals surface area contributed by atoms with Crippen LogP contribution in [0, 0.1) is 5.92 Å². The second kappa shape index (κ2) is 8.14. The number of aliphatic imine (C=N–C) groups is 1. The minimum atomic E-state index is -4.97. The summed E-state index contributed by atoms with van der Waals surface area (Å²) in [6, 6.07) is 1.07. The predicted molar refractivity (Wildman–Crippen MR) is 88.4 cm³/mol. The molecule has 1 aromatic carbocycles. The molecule has 0 spiro atoms. The number of methoxy groups -OCH3 is 1. The highest BCUT2D eigenvalue weighted by atomic mass is 19.4. The molecule has 1 rings (SSSR count). The fourth-order valence-corrected chi connectivity index (χ4v) is 2.45. The molecule has 0 radical (unpaired) electrons. The van der Waals surface area contributed by atoms with E-state index in [-0.39, 0.29) is 18.4 Å². The zero-order chi connectivity index (χ0) is 21.0. The van der Waals surface area contributed by atoms with Gasteiger partial charge in [-0.1, -0.05) is 19.9 Å². The lowest BCUT2D eigenvalue weighted by atomic mass is 9.89. The number of ether oxygens (including phenoxy) is 1. The first kappa shape index (κ1) is 22.7. The summed E-state index contributed by atoms with van der Waals surface area (Å²) < 4.78 is 82.2. The Kier molecular flexibility index (Phi) is 6.85. The maximum atomic E-state index is 12.9. The number of benzene rings is 1. The van der Waals surface area contributed by atoms with Crippen molar-refractivity contribution in [3.8, 4) is 0 Å². The third kappa shape index (κ3) is 5.83. The van der Waals surface area contributed by atoms with Gasteiger partial charge in [0.25, 0.3) is 0 Å². The molecule has 0 fully saturated rings. The number of carbonyl (C=O) groups excluding carboxylic acids is 1. The van der Waals surface area contributed by atoms with Gasteiger partial charge in [0.05, 0.1) is 18.2 Å². The van der Waals surface area contributed by atoms with Crippen LogP contribution in [0.25, 0.3) is 0 Å². The summed E-state index contributed by atoms with van der Waals surface area (Å²) >= 11 is 0. The Bertz CT molecular complexity index is 689. The van der Waals surface area contributed by atoms with Gasteiger partial charge in [0.15, 0.2) is 5.54 Å². The van der Waals surface area contributed by atoms with Gasteiger partial charge in [0.2, 0.25) is 0 Å². The summed E-state index contributed by atoms with van der Waals surface area (Å²) in [5, 5.41) is 0. The highest BCUT2D eigenvalue weighted by Crippen LogP contribution is 2.36. The van der Waals surface area contributed by atoms with Gasteiger partial charge in [-0.2, -0.15) is 26.3 Å².